The molecule has 1 saturated carbocycles. The molecule has 3 nitrogen and oxygen atoms in total. The Bertz CT molecular complexity index is 395. The second kappa shape index (κ2) is 4.23. The van der Waals surface area contributed by atoms with Crippen LogP contribution >= 0.6 is 11.5 Å². The van der Waals surface area contributed by atoms with E-state index in [4.69, 9.17) is 0 Å². The molecule has 1 spiro atoms. The average molecular weight is 251 g/mol. The summed E-state index contributed by atoms with van der Waals surface area (Å²) < 4.78 is 4.48. The minimum absolute atomic E-state index is 0.647. The van der Waals surface area contributed by atoms with E-state index in [1.807, 2.05) is 0 Å². The molecule has 0 amide bonds. The summed E-state index contributed by atoms with van der Waals surface area (Å²) in [5.74, 6) is 1.68. The maximum atomic E-state index is 4.69. The summed E-state index contributed by atoms with van der Waals surface area (Å²) in [6.45, 7) is 6.86. The van der Waals surface area contributed by atoms with E-state index < -0.39 is 0 Å². The molecule has 0 atom stereocenters. The number of rotatable bonds is 3. The molecule has 3 rings (SSSR count). The Morgan fingerprint density at radius 3 is 2.76 bits per heavy atom. The lowest BCUT2D eigenvalue weighted by molar-refractivity contribution is 0.165. The first kappa shape index (κ1) is 11.5. The molecule has 0 aromatic carbocycles. The molecule has 2 aliphatic rings. The third-order valence-corrected chi connectivity index (χ3v) is 4.99. The highest BCUT2D eigenvalue weighted by Crippen LogP contribution is 2.48. The van der Waals surface area contributed by atoms with E-state index in [0.717, 1.165) is 17.4 Å². The van der Waals surface area contributed by atoms with Crippen molar-refractivity contribution in [2.45, 2.75) is 46.0 Å². The van der Waals surface area contributed by atoms with Crippen LogP contribution < -0.4 is 4.90 Å². The quantitative estimate of drug-likeness (QED) is 0.826. The summed E-state index contributed by atoms with van der Waals surface area (Å²) >= 11 is 1.59. The van der Waals surface area contributed by atoms with Gasteiger partial charge in [0.05, 0.1) is 0 Å². The lowest BCUT2D eigenvalue weighted by Gasteiger charge is -2.37. The van der Waals surface area contributed by atoms with Gasteiger partial charge >= 0.3 is 0 Å². The van der Waals surface area contributed by atoms with Crippen LogP contribution in [0.3, 0.4) is 0 Å². The fourth-order valence-electron chi connectivity index (χ4n) is 3.00. The van der Waals surface area contributed by atoms with Crippen molar-refractivity contribution in [1.29, 1.82) is 0 Å². The molecule has 94 valence electrons. The van der Waals surface area contributed by atoms with Gasteiger partial charge in [-0.1, -0.05) is 20.3 Å². The van der Waals surface area contributed by atoms with Gasteiger partial charge in [0, 0.05) is 31.0 Å². The predicted molar refractivity (Wildman–Crippen MR) is 71.6 cm³/mol. The second-order valence-corrected chi connectivity index (χ2v) is 6.85. The van der Waals surface area contributed by atoms with Crippen LogP contribution in [0.25, 0.3) is 0 Å². The average Bonchev–Trinajstić information content (AvgIpc) is 2.80. The molecule has 2 fully saturated rings. The SMILES string of the molecule is CC(C)Cc1nsc(N2CCC3(CCC3)C2)n1. The lowest BCUT2D eigenvalue weighted by atomic mass is 9.68. The highest BCUT2D eigenvalue weighted by Gasteiger charge is 2.43. The summed E-state index contributed by atoms with van der Waals surface area (Å²) in [5, 5.41) is 1.16. The number of hydrogen-bond donors (Lipinski definition) is 0. The predicted octanol–water partition coefficient (Wildman–Crippen LogP) is 3.12. The molecule has 1 aromatic rings. The Balaban J connectivity index is 1.66. The fourth-order valence-corrected chi connectivity index (χ4v) is 3.72. The summed E-state index contributed by atoms with van der Waals surface area (Å²) in [7, 11) is 0. The van der Waals surface area contributed by atoms with E-state index >= 15 is 0 Å². The maximum Gasteiger partial charge on any atom is 0.205 e. The first-order chi connectivity index (χ1) is 8.17. The van der Waals surface area contributed by atoms with Crippen molar-refractivity contribution in [3.63, 3.8) is 0 Å². The highest BCUT2D eigenvalue weighted by molar-refractivity contribution is 7.09. The van der Waals surface area contributed by atoms with E-state index in [1.165, 1.54) is 38.8 Å². The molecule has 1 saturated heterocycles. The monoisotopic (exact) mass is 251 g/mol. The van der Waals surface area contributed by atoms with Crippen LogP contribution in [0.4, 0.5) is 5.13 Å². The Labute approximate surface area is 107 Å². The summed E-state index contributed by atoms with van der Waals surface area (Å²) in [6.07, 6.45) is 6.67. The number of nitrogens with zero attached hydrogens (tertiary/aromatic N) is 3. The number of hydrogen-bond acceptors (Lipinski definition) is 4. The zero-order valence-electron chi connectivity index (χ0n) is 10.8. The number of anilines is 1. The van der Waals surface area contributed by atoms with E-state index in [0.29, 0.717) is 11.3 Å². The van der Waals surface area contributed by atoms with Gasteiger partial charge in [-0.2, -0.15) is 4.37 Å². The van der Waals surface area contributed by atoms with Gasteiger partial charge in [0.1, 0.15) is 5.82 Å². The zero-order valence-corrected chi connectivity index (χ0v) is 11.6. The molecular weight excluding hydrogens is 230 g/mol. The van der Waals surface area contributed by atoms with Crippen molar-refractivity contribution in [1.82, 2.24) is 9.36 Å². The van der Waals surface area contributed by atoms with Gasteiger partial charge in [0.25, 0.3) is 0 Å². The van der Waals surface area contributed by atoms with E-state index in [1.54, 1.807) is 11.5 Å². The van der Waals surface area contributed by atoms with E-state index in [9.17, 15) is 0 Å². The molecule has 0 N–H and O–H groups in total. The standard InChI is InChI=1S/C13H21N3S/c1-10(2)8-11-14-12(17-15-11)16-7-6-13(9-16)4-3-5-13/h10H,3-9H2,1-2H3. The third-order valence-electron chi connectivity index (χ3n) is 4.17. The topological polar surface area (TPSA) is 29.0 Å². The van der Waals surface area contributed by atoms with Crippen molar-refractivity contribution in [3.05, 3.63) is 5.82 Å². The molecule has 1 aliphatic heterocycles. The molecule has 1 aliphatic carbocycles. The van der Waals surface area contributed by atoms with E-state index in [2.05, 4.69) is 28.1 Å². The Morgan fingerprint density at radius 1 is 1.35 bits per heavy atom. The van der Waals surface area contributed by atoms with Crippen LogP contribution in [0.2, 0.25) is 0 Å². The highest BCUT2D eigenvalue weighted by atomic mass is 32.1. The second-order valence-electron chi connectivity index (χ2n) is 6.12. The van der Waals surface area contributed by atoms with Crippen LogP contribution in [0.1, 0.15) is 45.4 Å². The molecule has 0 radical (unpaired) electrons. The van der Waals surface area contributed by atoms with Gasteiger partial charge in [0.2, 0.25) is 5.13 Å². The largest absolute Gasteiger partial charge is 0.346 e. The zero-order chi connectivity index (χ0) is 11.9. The molecular formula is C13H21N3S. The van der Waals surface area contributed by atoms with Crippen molar-refractivity contribution >= 4 is 16.7 Å². The molecule has 0 unspecified atom stereocenters. The smallest absolute Gasteiger partial charge is 0.205 e. The van der Waals surface area contributed by atoms with Gasteiger partial charge in [0.15, 0.2) is 0 Å². The van der Waals surface area contributed by atoms with Crippen LogP contribution in [0, 0.1) is 11.3 Å². The van der Waals surface area contributed by atoms with Crippen LogP contribution in [0.15, 0.2) is 0 Å². The van der Waals surface area contributed by atoms with Crippen molar-refractivity contribution in [2.24, 2.45) is 11.3 Å². The summed E-state index contributed by atoms with van der Waals surface area (Å²) in [6, 6.07) is 0. The van der Waals surface area contributed by atoms with Crippen LogP contribution in [0.5, 0.6) is 0 Å². The van der Waals surface area contributed by atoms with Crippen molar-refractivity contribution < 1.29 is 0 Å². The van der Waals surface area contributed by atoms with Gasteiger partial charge in [-0.25, -0.2) is 4.98 Å². The first-order valence-electron chi connectivity index (χ1n) is 6.74. The van der Waals surface area contributed by atoms with Crippen LogP contribution in [-0.2, 0) is 6.42 Å². The van der Waals surface area contributed by atoms with Crippen LogP contribution in [-0.4, -0.2) is 22.4 Å². The molecule has 4 heteroatoms. The van der Waals surface area contributed by atoms with Gasteiger partial charge in [-0.3, -0.25) is 0 Å². The van der Waals surface area contributed by atoms with Crippen molar-refractivity contribution in [3.8, 4) is 0 Å². The number of aromatic nitrogens is 2. The van der Waals surface area contributed by atoms with Crippen molar-refractivity contribution in [2.75, 3.05) is 18.0 Å². The molecule has 0 bridgehead atoms. The van der Waals surface area contributed by atoms with Gasteiger partial charge in [-0.15, -0.1) is 0 Å². The van der Waals surface area contributed by atoms with Gasteiger partial charge in [-0.05, 0) is 30.6 Å². The minimum atomic E-state index is 0.647. The first-order valence-corrected chi connectivity index (χ1v) is 7.52. The fraction of sp³-hybridized carbons (Fsp3) is 0.846. The molecule has 17 heavy (non-hydrogen) atoms. The maximum absolute atomic E-state index is 4.69. The molecule has 1 aromatic heterocycles. The van der Waals surface area contributed by atoms with Gasteiger partial charge < -0.3 is 4.90 Å². The Hall–Kier alpha value is -0.640. The normalized spacial score (nSPS) is 22.4. The summed E-state index contributed by atoms with van der Waals surface area (Å²) in [4.78, 5) is 7.15. The lowest BCUT2D eigenvalue weighted by Crippen LogP contribution is -2.33. The Morgan fingerprint density at radius 2 is 2.18 bits per heavy atom. The summed E-state index contributed by atoms with van der Waals surface area (Å²) in [5.41, 5.74) is 0.657. The third kappa shape index (κ3) is 2.19. The van der Waals surface area contributed by atoms with E-state index in [-0.39, 0.29) is 0 Å². The Kier molecular flexibility index (Phi) is 2.85. The molecule has 2 heterocycles. The minimum Gasteiger partial charge on any atom is -0.346 e.